The Morgan fingerprint density at radius 1 is 1.31 bits per heavy atom. The van der Waals surface area contributed by atoms with Crippen LogP contribution in [0.25, 0.3) is 5.70 Å². The molecular formula is C13H17NO2. The minimum Gasteiger partial charge on any atom is -0.494 e. The van der Waals surface area contributed by atoms with Gasteiger partial charge in [-0.1, -0.05) is 0 Å². The molecule has 0 aromatic heterocycles. The van der Waals surface area contributed by atoms with Crippen LogP contribution in [0, 0.1) is 0 Å². The SMILES string of the molecule is CCOc1ccc(C2=C(C)OCN2C)cc1. The number of ether oxygens (including phenoxy) is 2. The van der Waals surface area contributed by atoms with Gasteiger partial charge in [0.2, 0.25) is 0 Å². The maximum absolute atomic E-state index is 5.48. The van der Waals surface area contributed by atoms with E-state index in [0.717, 1.165) is 17.2 Å². The molecule has 86 valence electrons. The molecule has 1 aliphatic rings. The Bertz CT molecular complexity index is 395. The van der Waals surface area contributed by atoms with Crippen LogP contribution < -0.4 is 4.74 Å². The van der Waals surface area contributed by atoms with Crippen molar-refractivity contribution in [2.24, 2.45) is 0 Å². The molecule has 0 spiro atoms. The predicted molar refractivity (Wildman–Crippen MR) is 63.9 cm³/mol. The first-order valence-electron chi connectivity index (χ1n) is 5.50. The van der Waals surface area contributed by atoms with Gasteiger partial charge in [0, 0.05) is 12.6 Å². The summed E-state index contributed by atoms with van der Waals surface area (Å²) in [5.41, 5.74) is 2.32. The summed E-state index contributed by atoms with van der Waals surface area (Å²) in [5, 5.41) is 0. The third kappa shape index (κ3) is 1.98. The van der Waals surface area contributed by atoms with Gasteiger partial charge in [0.05, 0.1) is 12.3 Å². The fraction of sp³-hybridized carbons (Fsp3) is 0.385. The standard InChI is InChI=1S/C13H17NO2/c1-4-15-12-7-5-11(6-8-12)13-10(2)16-9-14(13)3/h5-8H,4,9H2,1-3H3. The van der Waals surface area contributed by atoms with Crippen LogP contribution in [0.2, 0.25) is 0 Å². The summed E-state index contributed by atoms with van der Waals surface area (Å²) in [6.07, 6.45) is 0. The topological polar surface area (TPSA) is 21.7 Å². The fourth-order valence-corrected chi connectivity index (χ4v) is 1.89. The van der Waals surface area contributed by atoms with Crippen molar-refractivity contribution in [2.75, 3.05) is 20.4 Å². The van der Waals surface area contributed by atoms with E-state index in [1.165, 1.54) is 5.56 Å². The molecule has 0 fully saturated rings. The summed E-state index contributed by atoms with van der Waals surface area (Å²) in [7, 11) is 2.03. The fourth-order valence-electron chi connectivity index (χ4n) is 1.89. The molecule has 0 atom stereocenters. The first-order valence-corrected chi connectivity index (χ1v) is 5.50. The normalized spacial score (nSPS) is 15.3. The lowest BCUT2D eigenvalue weighted by Crippen LogP contribution is -2.12. The largest absolute Gasteiger partial charge is 0.494 e. The Labute approximate surface area is 96.3 Å². The minimum absolute atomic E-state index is 0.633. The van der Waals surface area contributed by atoms with Crippen LogP contribution in [0.5, 0.6) is 5.75 Å². The van der Waals surface area contributed by atoms with Gasteiger partial charge >= 0.3 is 0 Å². The monoisotopic (exact) mass is 219 g/mol. The molecule has 0 amide bonds. The van der Waals surface area contributed by atoms with Crippen molar-refractivity contribution in [3.8, 4) is 5.75 Å². The average molecular weight is 219 g/mol. The highest BCUT2D eigenvalue weighted by atomic mass is 16.5. The van der Waals surface area contributed by atoms with Crippen LogP contribution in [0.3, 0.4) is 0 Å². The Kier molecular flexibility index (Phi) is 3.04. The van der Waals surface area contributed by atoms with Crippen molar-refractivity contribution >= 4 is 5.70 Å². The van der Waals surface area contributed by atoms with E-state index < -0.39 is 0 Å². The second-order valence-corrected chi connectivity index (χ2v) is 3.83. The van der Waals surface area contributed by atoms with E-state index in [1.54, 1.807) is 0 Å². The van der Waals surface area contributed by atoms with Gasteiger partial charge in [-0.3, -0.25) is 0 Å². The Morgan fingerprint density at radius 2 is 2.00 bits per heavy atom. The van der Waals surface area contributed by atoms with Crippen molar-refractivity contribution in [1.29, 1.82) is 0 Å². The predicted octanol–water partition coefficient (Wildman–Crippen LogP) is 2.69. The number of benzene rings is 1. The molecule has 1 aromatic rings. The van der Waals surface area contributed by atoms with Gasteiger partial charge < -0.3 is 14.4 Å². The Morgan fingerprint density at radius 3 is 2.50 bits per heavy atom. The molecular weight excluding hydrogens is 202 g/mol. The summed E-state index contributed by atoms with van der Waals surface area (Å²) in [6.45, 7) is 5.31. The van der Waals surface area contributed by atoms with Gasteiger partial charge in [0.25, 0.3) is 0 Å². The van der Waals surface area contributed by atoms with Gasteiger partial charge in [-0.15, -0.1) is 0 Å². The molecule has 1 aliphatic heterocycles. The highest BCUT2D eigenvalue weighted by Crippen LogP contribution is 2.28. The van der Waals surface area contributed by atoms with Gasteiger partial charge in [-0.25, -0.2) is 0 Å². The number of hydrogen-bond acceptors (Lipinski definition) is 3. The second kappa shape index (κ2) is 4.47. The van der Waals surface area contributed by atoms with E-state index in [1.807, 2.05) is 33.0 Å². The molecule has 3 nitrogen and oxygen atoms in total. The van der Waals surface area contributed by atoms with E-state index in [4.69, 9.17) is 9.47 Å². The number of rotatable bonds is 3. The summed E-state index contributed by atoms with van der Waals surface area (Å²) in [4.78, 5) is 2.10. The molecule has 1 heterocycles. The lowest BCUT2D eigenvalue weighted by molar-refractivity contribution is 0.172. The zero-order valence-electron chi connectivity index (χ0n) is 9.99. The van der Waals surface area contributed by atoms with E-state index in [9.17, 15) is 0 Å². The maximum Gasteiger partial charge on any atom is 0.160 e. The third-order valence-electron chi connectivity index (χ3n) is 2.63. The van der Waals surface area contributed by atoms with Crippen molar-refractivity contribution in [3.63, 3.8) is 0 Å². The minimum atomic E-state index is 0.633. The number of allylic oxidation sites excluding steroid dienone is 1. The molecule has 3 heteroatoms. The van der Waals surface area contributed by atoms with Crippen LogP contribution in [0.1, 0.15) is 19.4 Å². The summed E-state index contributed by atoms with van der Waals surface area (Å²) in [5.74, 6) is 1.89. The van der Waals surface area contributed by atoms with Crippen molar-refractivity contribution in [2.45, 2.75) is 13.8 Å². The van der Waals surface area contributed by atoms with Crippen molar-refractivity contribution in [1.82, 2.24) is 4.90 Å². The van der Waals surface area contributed by atoms with Crippen LogP contribution in [0.4, 0.5) is 0 Å². The molecule has 0 bridgehead atoms. The van der Waals surface area contributed by atoms with Gasteiger partial charge in [0.1, 0.15) is 11.5 Å². The summed E-state index contributed by atoms with van der Waals surface area (Å²) in [6, 6.07) is 8.11. The van der Waals surface area contributed by atoms with E-state index in [2.05, 4.69) is 17.0 Å². The quantitative estimate of drug-likeness (QED) is 0.780. The molecule has 0 radical (unpaired) electrons. The highest BCUT2D eigenvalue weighted by molar-refractivity contribution is 5.67. The lowest BCUT2D eigenvalue weighted by Gasteiger charge is -2.14. The first-order chi connectivity index (χ1) is 7.72. The highest BCUT2D eigenvalue weighted by Gasteiger charge is 2.18. The van der Waals surface area contributed by atoms with Gasteiger partial charge in [-0.05, 0) is 38.1 Å². The van der Waals surface area contributed by atoms with Crippen LogP contribution in [-0.2, 0) is 4.74 Å². The van der Waals surface area contributed by atoms with Crippen LogP contribution in [0.15, 0.2) is 30.0 Å². The molecule has 0 aliphatic carbocycles. The van der Waals surface area contributed by atoms with Crippen LogP contribution >= 0.6 is 0 Å². The molecule has 0 saturated heterocycles. The van der Waals surface area contributed by atoms with Crippen molar-refractivity contribution in [3.05, 3.63) is 35.6 Å². The molecule has 2 rings (SSSR count). The lowest BCUT2D eigenvalue weighted by atomic mass is 10.1. The molecule has 0 N–H and O–H groups in total. The number of hydrogen-bond donors (Lipinski definition) is 0. The summed E-state index contributed by atoms with van der Waals surface area (Å²) >= 11 is 0. The Hall–Kier alpha value is -1.64. The van der Waals surface area contributed by atoms with Gasteiger partial charge in [-0.2, -0.15) is 0 Å². The van der Waals surface area contributed by atoms with E-state index >= 15 is 0 Å². The second-order valence-electron chi connectivity index (χ2n) is 3.83. The third-order valence-corrected chi connectivity index (χ3v) is 2.63. The van der Waals surface area contributed by atoms with Crippen LogP contribution in [-0.4, -0.2) is 25.3 Å². The smallest absolute Gasteiger partial charge is 0.160 e. The molecule has 0 unspecified atom stereocenters. The number of nitrogens with zero attached hydrogens (tertiary/aromatic N) is 1. The zero-order valence-corrected chi connectivity index (χ0v) is 9.99. The van der Waals surface area contributed by atoms with Crippen molar-refractivity contribution < 1.29 is 9.47 Å². The summed E-state index contributed by atoms with van der Waals surface area (Å²) < 4.78 is 10.9. The molecule has 0 saturated carbocycles. The van der Waals surface area contributed by atoms with Gasteiger partial charge in [0.15, 0.2) is 6.73 Å². The maximum atomic E-state index is 5.48. The molecule has 1 aromatic carbocycles. The molecule has 16 heavy (non-hydrogen) atoms. The van der Waals surface area contributed by atoms with E-state index in [-0.39, 0.29) is 0 Å². The average Bonchev–Trinajstić information content (AvgIpc) is 2.61. The Balaban J connectivity index is 2.25. The first kappa shape index (κ1) is 10.9. The van der Waals surface area contributed by atoms with E-state index in [0.29, 0.717) is 13.3 Å². The zero-order chi connectivity index (χ0) is 11.5.